The second kappa shape index (κ2) is 7.77. The van der Waals surface area contributed by atoms with Crippen LogP contribution in [0.3, 0.4) is 0 Å². The second-order valence-corrected chi connectivity index (χ2v) is 10.6. The SMILES string of the molecule is CC(C)(C)OC(=O)N(CC1(CN2CCC(F)(F)CC2)CC1)C1CC1c1ccccc1. The number of piperidine rings is 1. The van der Waals surface area contributed by atoms with Crippen LogP contribution in [0.1, 0.15) is 64.4 Å². The molecule has 0 N–H and O–H groups in total. The summed E-state index contributed by atoms with van der Waals surface area (Å²) in [6, 6.07) is 10.5. The van der Waals surface area contributed by atoms with Gasteiger partial charge in [-0.25, -0.2) is 13.6 Å². The van der Waals surface area contributed by atoms with Crippen molar-refractivity contribution in [1.29, 1.82) is 0 Å². The lowest BCUT2D eigenvalue weighted by molar-refractivity contribution is -0.0589. The quantitative estimate of drug-likeness (QED) is 0.627. The Hall–Kier alpha value is -1.69. The number of carbonyl (C=O) groups excluding carboxylic acids is 1. The van der Waals surface area contributed by atoms with Gasteiger partial charge in [0.25, 0.3) is 5.92 Å². The molecular weight excluding hydrogens is 386 g/mol. The molecule has 3 aliphatic rings. The number of carbonyl (C=O) groups is 1. The fourth-order valence-electron chi connectivity index (χ4n) is 4.64. The number of halogens is 2. The van der Waals surface area contributed by atoms with E-state index in [1.807, 2.05) is 43.9 Å². The number of hydrogen-bond acceptors (Lipinski definition) is 3. The number of hydrogen-bond donors (Lipinski definition) is 0. The highest BCUT2D eigenvalue weighted by Crippen LogP contribution is 2.52. The Balaban J connectivity index is 1.43. The lowest BCUT2D eigenvalue weighted by Crippen LogP contribution is -2.47. The minimum Gasteiger partial charge on any atom is -0.444 e. The van der Waals surface area contributed by atoms with E-state index in [1.54, 1.807) is 0 Å². The minimum absolute atomic E-state index is 0.0212. The number of amides is 1. The molecule has 1 amide bonds. The van der Waals surface area contributed by atoms with Crippen molar-refractivity contribution in [2.45, 2.75) is 76.4 Å². The fraction of sp³-hybridized carbons (Fsp3) is 0.708. The van der Waals surface area contributed by atoms with Gasteiger partial charge in [-0.2, -0.15) is 0 Å². The smallest absolute Gasteiger partial charge is 0.410 e. The van der Waals surface area contributed by atoms with Crippen molar-refractivity contribution in [2.24, 2.45) is 5.41 Å². The molecule has 2 unspecified atom stereocenters. The first kappa shape index (κ1) is 21.5. The summed E-state index contributed by atoms with van der Waals surface area (Å²) in [4.78, 5) is 17.2. The Kier molecular flexibility index (Phi) is 5.58. The van der Waals surface area contributed by atoms with Crippen LogP contribution in [0.5, 0.6) is 0 Å². The van der Waals surface area contributed by atoms with Crippen molar-refractivity contribution in [3.05, 3.63) is 35.9 Å². The molecule has 4 nitrogen and oxygen atoms in total. The van der Waals surface area contributed by atoms with Crippen molar-refractivity contribution < 1.29 is 18.3 Å². The molecule has 0 radical (unpaired) electrons. The van der Waals surface area contributed by atoms with Crippen molar-refractivity contribution in [1.82, 2.24) is 9.80 Å². The summed E-state index contributed by atoms with van der Waals surface area (Å²) in [6.07, 6.45) is 2.68. The highest BCUT2D eigenvalue weighted by Gasteiger charge is 2.53. The standard InChI is InChI=1S/C24H34F2N2O2/c1-22(2,3)30-21(29)28(20-15-19(20)18-7-5-4-6-8-18)17-23(9-10-23)16-27-13-11-24(25,26)12-14-27/h4-8,19-20H,9-17H2,1-3H3. The molecule has 166 valence electrons. The number of nitrogens with zero attached hydrogens (tertiary/aromatic N) is 2. The van der Waals surface area contributed by atoms with E-state index in [0.717, 1.165) is 25.8 Å². The maximum absolute atomic E-state index is 13.5. The van der Waals surface area contributed by atoms with Gasteiger partial charge in [-0.15, -0.1) is 0 Å². The Bertz CT molecular complexity index is 748. The molecule has 1 heterocycles. The van der Waals surface area contributed by atoms with Gasteiger partial charge in [0.2, 0.25) is 0 Å². The third-order valence-electron chi connectivity index (χ3n) is 6.62. The van der Waals surface area contributed by atoms with Crippen LogP contribution in [-0.4, -0.2) is 59.6 Å². The zero-order chi connectivity index (χ0) is 21.6. The van der Waals surface area contributed by atoms with Crippen molar-refractivity contribution >= 4 is 6.09 Å². The summed E-state index contributed by atoms with van der Waals surface area (Å²) in [7, 11) is 0. The van der Waals surface area contributed by atoms with Gasteiger partial charge in [0.15, 0.2) is 0 Å². The molecule has 1 aromatic rings. The average Bonchev–Trinajstić information content (AvgIpc) is 3.57. The zero-order valence-electron chi connectivity index (χ0n) is 18.4. The summed E-state index contributed by atoms with van der Waals surface area (Å²) in [5.41, 5.74) is 0.744. The number of likely N-dealkylation sites (tertiary alicyclic amines) is 1. The van der Waals surface area contributed by atoms with Gasteiger partial charge in [0, 0.05) is 56.4 Å². The van der Waals surface area contributed by atoms with Crippen molar-refractivity contribution in [3.63, 3.8) is 0 Å². The van der Waals surface area contributed by atoms with Crippen LogP contribution in [0.2, 0.25) is 0 Å². The zero-order valence-corrected chi connectivity index (χ0v) is 18.4. The first-order valence-electron chi connectivity index (χ1n) is 11.2. The molecule has 30 heavy (non-hydrogen) atoms. The van der Waals surface area contributed by atoms with E-state index in [4.69, 9.17) is 4.74 Å². The summed E-state index contributed by atoms with van der Waals surface area (Å²) >= 11 is 0. The normalized spacial score (nSPS) is 27.4. The Morgan fingerprint density at radius 3 is 2.33 bits per heavy atom. The monoisotopic (exact) mass is 420 g/mol. The molecule has 0 spiro atoms. The predicted molar refractivity (Wildman–Crippen MR) is 113 cm³/mol. The van der Waals surface area contributed by atoms with E-state index in [9.17, 15) is 13.6 Å². The summed E-state index contributed by atoms with van der Waals surface area (Å²) in [5, 5.41) is 0. The first-order chi connectivity index (χ1) is 14.1. The predicted octanol–water partition coefficient (Wildman–Crippen LogP) is 5.29. The van der Waals surface area contributed by atoms with Gasteiger partial charge in [0.1, 0.15) is 5.60 Å². The van der Waals surface area contributed by atoms with Crippen LogP contribution in [-0.2, 0) is 4.74 Å². The molecular formula is C24H34F2N2O2. The van der Waals surface area contributed by atoms with Crippen LogP contribution >= 0.6 is 0 Å². The van der Waals surface area contributed by atoms with E-state index in [2.05, 4.69) is 17.0 Å². The van der Waals surface area contributed by atoms with E-state index in [0.29, 0.717) is 25.6 Å². The number of ether oxygens (including phenoxy) is 1. The van der Waals surface area contributed by atoms with Crippen LogP contribution < -0.4 is 0 Å². The third-order valence-corrected chi connectivity index (χ3v) is 6.62. The molecule has 4 rings (SSSR count). The summed E-state index contributed by atoms with van der Waals surface area (Å²) < 4.78 is 32.8. The largest absolute Gasteiger partial charge is 0.444 e. The average molecular weight is 421 g/mol. The van der Waals surface area contributed by atoms with Gasteiger partial charge in [-0.1, -0.05) is 30.3 Å². The maximum Gasteiger partial charge on any atom is 0.410 e. The van der Waals surface area contributed by atoms with Crippen LogP contribution in [0.25, 0.3) is 0 Å². The highest BCUT2D eigenvalue weighted by molar-refractivity contribution is 5.69. The van der Waals surface area contributed by atoms with Gasteiger partial charge < -0.3 is 14.5 Å². The van der Waals surface area contributed by atoms with Gasteiger partial charge in [-0.05, 0) is 45.6 Å². The first-order valence-corrected chi connectivity index (χ1v) is 11.2. The molecule has 2 saturated carbocycles. The topological polar surface area (TPSA) is 32.8 Å². The number of rotatable bonds is 6. The van der Waals surface area contributed by atoms with Crippen molar-refractivity contribution in [3.8, 4) is 0 Å². The molecule has 0 aromatic heterocycles. The van der Waals surface area contributed by atoms with E-state index < -0.39 is 11.5 Å². The maximum atomic E-state index is 13.5. The molecule has 3 fully saturated rings. The fourth-order valence-corrected chi connectivity index (χ4v) is 4.64. The van der Waals surface area contributed by atoms with Crippen LogP contribution in [0, 0.1) is 5.41 Å². The molecule has 6 heteroatoms. The summed E-state index contributed by atoms with van der Waals surface area (Å²) in [6.45, 7) is 8.02. The number of alkyl halides is 2. The molecule has 1 aliphatic heterocycles. The Morgan fingerprint density at radius 2 is 1.77 bits per heavy atom. The van der Waals surface area contributed by atoms with E-state index in [1.165, 1.54) is 5.56 Å². The number of benzene rings is 1. The molecule has 1 saturated heterocycles. The molecule has 0 bridgehead atoms. The van der Waals surface area contributed by atoms with Gasteiger partial charge >= 0.3 is 6.09 Å². The van der Waals surface area contributed by atoms with Crippen LogP contribution in [0.15, 0.2) is 30.3 Å². The van der Waals surface area contributed by atoms with Crippen LogP contribution in [0.4, 0.5) is 13.6 Å². The molecule has 1 aromatic carbocycles. The molecule has 2 aliphatic carbocycles. The molecule has 2 atom stereocenters. The Labute approximate surface area is 178 Å². The lowest BCUT2D eigenvalue weighted by Gasteiger charge is -2.36. The van der Waals surface area contributed by atoms with E-state index >= 15 is 0 Å². The Morgan fingerprint density at radius 1 is 1.13 bits per heavy atom. The summed E-state index contributed by atoms with van der Waals surface area (Å²) in [5.74, 6) is -2.17. The second-order valence-electron chi connectivity index (χ2n) is 10.6. The van der Waals surface area contributed by atoms with E-state index in [-0.39, 0.29) is 30.4 Å². The van der Waals surface area contributed by atoms with Crippen molar-refractivity contribution in [2.75, 3.05) is 26.2 Å². The highest BCUT2D eigenvalue weighted by atomic mass is 19.3. The van der Waals surface area contributed by atoms with Gasteiger partial charge in [0.05, 0.1) is 0 Å². The lowest BCUT2D eigenvalue weighted by atomic mass is 10.0. The minimum atomic E-state index is -2.52. The third kappa shape index (κ3) is 5.32. The van der Waals surface area contributed by atoms with Gasteiger partial charge in [-0.3, -0.25) is 0 Å².